The lowest BCUT2D eigenvalue weighted by molar-refractivity contribution is 0.628. The maximum atomic E-state index is 13.4. The Balaban J connectivity index is 1.86. The van der Waals surface area contributed by atoms with Crippen molar-refractivity contribution in [3.63, 3.8) is 0 Å². The number of rotatable bonds is 2. The van der Waals surface area contributed by atoms with Crippen molar-refractivity contribution in [2.24, 2.45) is 0 Å². The molecule has 0 saturated carbocycles. The Bertz CT molecular complexity index is 1030. The highest BCUT2D eigenvalue weighted by atomic mass is 35.5. The number of hydrogen-bond donors (Lipinski definition) is 0. The fourth-order valence-electron chi connectivity index (χ4n) is 2.20. The van der Waals surface area contributed by atoms with Crippen molar-refractivity contribution in [2.45, 2.75) is 0 Å². The summed E-state index contributed by atoms with van der Waals surface area (Å²) in [5.74, 6) is 0.141. The lowest BCUT2D eigenvalue weighted by Crippen LogP contribution is -1.91. The van der Waals surface area contributed by atoms with Crippen LogP contribution in [0.2, 0.25) is 10.0 Å². The fraction of sp³-hybridized carbons (Fsp3) is 0. The lowest BCUT2D eigenvalue weighted by atomic mass is 10.2. The van der Waals surface area contributed by atoms with Gasteiger partial charge < -0.3 is 0 Å². The van der Waals surface area contributed by atoms with Gasteiger partial charge in [0.2, 0.25) is 4.96 Å². The van der Waals surface area contributed by atoms with Gasteiger partial charge in [-0.25, -0.2) is 4.39 Å². The van der Waals surface area contributed by atoms with Crippen LogP contribution in [0.25, 0.3) is 26.9 Å². The molecule has 2 aromatic heterocycles. The largest absolute Gasteiger partial charge is 0.235 e. The van der Waals surface area contributed by atoms with E-state index in [2.05, 4.69) is 15.3 Å². The third-order valence-electron chi connectivity index (χ3n) is 3.24. The summed E-state index contributed by atoms with van der Waals surface area (Å²) in [5, 5.41) is 14.4. The summed E-state index contributed by atoms with van der Waals surface area (Å²) >= 11 is 13.5. The van der Waals surface area contributed by atoms with Crippen molar-refractivity contribution in [3.8, 4) is 22.0 Å². The molecule has 0 spiro atoms. The quantitative estimate of drug-likeness (QED) is 0.504. The Labute approximate surface area is 144 Å². The summed E-state index contributed by atoms with van der Waals surface area (Å²) in [5.41, 5.74) is 1.37. The molecule has 0 fully saturated rings. The molecule has 4 aromatic rings. The average Bonchev–Trinajstić information content (AvgIpc) is 3.07. The van der Waals surface area contributed by atoms with Crippen LogP contribution in [-0.4, -0.2) is 19.8 Å². The first-order chi connectivity index (χ1) is 11.1. The van der Waals surface area contributed by atoms with Gasteiger partial charge >= 0.3 is 0 Å². The van der Waals surface area contributed by atoms with E-state index in [1.807, 2.05) is 0 Å². The highest BCUT2D eigenvalue weighted by Crippen LogP contribution is 2.34. The van der Waals surface area contributed by atoms with E-state index >= 15 is 0 Å². The van der Waals surface area contributed by atoms with Crippen molar-refractivity contribution in [1.29, 1.82) is 0 Å². The first-order valence-corrected chi connectivity index (χ1v) is 8.13. The Morgan fingerprint density at radius 1 is 1.04 bits per heavy atom. The molecule has 4 rings (SSSR count). The zero-order valence-corrected chi connectivity index (χ0v) is 13.7. The van der Waals surface area contributed by atoms with Crippen LogP contribution in [0.1, 0.15) is 0 Å². The highest BCUT2D eigenvalue weighted by Gasteiger charge is 2.16. The molecule has 114 valence electrons. The molecular weight excluding hydrogens is 358 g/mol. The van der Waals surface area contributed by atoms with E-state index in [4.69, 9.17) is 23.2 Å². The number of halogens is 3. The molecule has 0 unspecified atom stereocenters. The van der Waals surface area contributed by atoms with Gasteiger partial charge in [0.05, 0.1) is 5.02 Å². The zero-order valence-electron chi connectivity index (χ0n) is 11.4. The van der Waals surface area contributed by atoms with Crippen LogP contribution in [0.3, 0.4) is 0 Å². The second-order valence-electron chi connectivity index (χ2n) is 4.76. The van der Waals surface area contributed by atoms with E-state index < -0.39 is 0 Å². The number of aromatic nitrogens is 4. The van der Waals surface area contributed by atoms with Crippen LogP contribution in [0.5, 0.6) is 0 Å². The number of hydrogen-bond acceptors (Lipinski definition) is 4. The molecular formula is C15H7Cl2FN4S. The van der Waals surface area contributed by atoms with E-state index in [0.717, 1.165) is 5.56 Å². The molecule has 0 bridgehead atoms. The van der Waals surface area contributed by atoms with Crippen molar-refractivity contribution in [3.05, 3.63) is 58.3 Å². The predicted molar refractivity (Wildman–Crippen MR) is 89.5 cm³/mol. The van der Waals surface area contributed by atoms with Crippen LogP contribution in [0.15, 0.2) is 42.5 Å². The van der Waals surface area contributed by atoms with E-state index in [9.17, 15) is 4.39 Å². The first kappa shape index (κ1) is 14.6. The molecule has 23 heavy (non-hydrogen) atoms. The smallest absolute Gasteiger partial charge is 0.207 e. The van der Waals surface area contributed by atoms with E-state index in [1.165, 1.54) is 23.5 Å². The minimum Gasteiger partial charge on any atom is -0.207 e. The monoisotopic (exact) mass is 364 g/mol. The molecule has 0 N–H and O–H groups in total. The van der Waals surface area contributed by atoms with E-state index in [1.54, 1.807) is 34.8 Å². The summed E-state index contributed by atoms with van der Waals surface area (Å²) in [6, 6.07) is 11.4. The van der Waals surface area contributed by atoms with Crippen molar-refractivity contribution < 1.29 is 4.39 Å². The van der Waals surface area contributed by atoms with Crippen molar-refractivity contribution in [1.82, 2.24) is 19.8 Å². The van der Waals surface area contributed by atoms with Gasteiger partial charge in [-0.3, -0.25) is 0 Å². The summed E-state index contributed by atoms with van der Waals surface area (Å²) in [4.78, 5) is 0.602. The summed E-state index contributed by atoms with van der Waals surface area (Å²) in [7, 11) is 0. The molecule has 0 aliphatic heterocycles. The van der Waals surface area contributed by atoms with Crippen molar-refractivity contribution >= 4 is 39.5 Å². The molecule has 0 atom stereocenters. The minimum atomic E-state index is -0.338. The maximum absolute atomic E-state index is 13.4. The highest BCUT2D eigenvalue weighted by molar-refractivity contribution is 7.19. The molecule has 8 heteroatoms. The zero-order chi connectivity index (χ0) is 16.0. The van der Waals surface area contributed by atoms with E-state index in [-0.39, 0.29) is 5.82 Å². The van der Waals surface area contributed by atoms with Crippen LogP contribution in [0, 0.1) is 5.82 Å². The Morgan fingerprint density at radius 3 is 2.70 bits per heavy atom. The van der Waals surface area contributed by atoms with Gasteiger partial charge in [-0.1, -0.05) is 46.7 Å². The molecule has 0 amide bonds. The molecule has 0 aliphatic carbocycles. The van der Waals surface area contributed by atoms with Crippen LogP contribution in [-0.2, 0) is 0 Å². The maximum Gasteiger partial charge on any atom is 0.235 e. The number of fused-ring (bicyclic) bond motifs is 1. The van der Waals surface area contributed by atoms with Gasteiger partial charge in [0.15, 0.2) is 5.82 Å². The van der Waals surface area contributed by atoms with E-state index in [0.29, 0.717) is 31.4 Å². The van der Waals surface area contributed by atoms with Gasteiger partial charge in [0.25, 0.3) is 0 Å². The second kappa shape index (κ2) is 5.56. The van der Waals surface area contributed by atoms with Gasteiger partial charge in [-0.05, 0) is 30.3 Å². The topological polar surface area (TPSA) is 43.1 Å². The SMILES string of the molecule is Fc1cccc(-c2nnc3sc(-c4ccc(Cl)cc4Cl)nn23)c1. The number of benzene rings is 2. The molecule has 0 radical (unpaired) electrons. The third-order valence-corrected chi connectivity index (χ3v) is 4.72. The predicted octanol–water partition coefficient (Wildman–Crippen LogP) is 4.97. The van der Waals surface area contributed by atoms with Crippen LogP contribution < -0.4 is 0 Å². The molecule has 0 aliphatic rings. The fourth-order valence-corrected chi connectivity index (χ4v) is 3.63. The first-order valence-electron chi connectivity index (χ1n) is 6.55. The Hall–Kier alpha value is -2.02. The molecule has 2 heterocycles. The van der Waals surface area contributed by atoms with Gasteiger partial charge in [-0.15, -0.1) is 10.2 Å². The Morgan fingerprint density at radius 2 is 1.91 bits per heavy atom. The molecule has 4 nitrogen and oxygen atoms in total. The van der Waals surface area contributed by atoms with Gasteiger partial charge in [0, 0.05) is 16.1 Å². The van der Waals surface area contributed by atoms with Gasteiger partial charge in [-0.2, -0.15) is 9.61 Å². The molecule has 0 saturated heterocycles. The van der Waals surface area contributed by atoms with Gasteiger partial charge in [0.1, 0.15) is 10.8 Å². The molecule has 2 aromatic carbocycles. The Kier molecular flexibility index (Phi) is 3.52. The van der Waals surface area contributed by atoms with Crippen molar-refractivity contribution in [2.75, 3.05) is 0 Å². The summed E-state index contributed by atoms with van der Waals surface area (Å²) in [6.45, 7) is 0. The number of nitrogens with zero attached hydrogens (tertiary/aromatic N) is 4. The summed E-state index contributed by atoms with van der Waals surface area (Å²) < 4.78 is 15.0. The standard InChI is InChI=1S/C15H7Cl2FN4S/c16-9-4-5-11(12(17)7-9)14-21-22-13(19-20-15(22)23-14)8-2-1-3-10(18)6-8/h1-7H. The lowest BCUT2D eigenvalue weighted by Gasteiger charge is -2.00. The average molecular weight is 365 g/mol. The van der Waals surface area contributed by atoms with Crippen LogP contribution in [0.4, 0.5) is 4.39 Å². The normalized spacial score (nSPS) is 11.3. The third kappa shape index (κ3) is 2.59. The van der Waals surface area contributed by atoms with Crippen LogP contribution >= 0.6 is 34.5 Å². The summed E-state index contributed by atoms with van der Waals surface area (Å²) in [6.07, 6.45) is 0. The second-order valence-corrected chi connectivity index (χ2v) is 6.56. The minimum absolute atomic E-state index is 0.338.